The van der Waals surface area contributed by atoms with Crippen LogP contribution in [0.5, 0.6) is 0 Å². The highest BCUT2D eigenvalue weighted by molar-refractivity contribution is 6.37. The highest BCUT2D eigenvalue weighted by Gasteiger charge is 2.47. The Hall–Kier alpha value is -1.92. The maximum atomic E-state index is 12.3. The summed E-state index contributed by atoms with van der Waals surface area (Å²) in [5.74, 6) is -3.20. The van der Waals surface area contributed by atoms with Crippen molar-refractivity contribution in [2.24, 2.45) is 5.92 Å². The van der Waals surface area contributed by atoms with Crippen LogP contribution in [0.4, 0.5) is 5.69 Å². The van der Waals surface area contributed by atoms with E-state index in [1.807, 2.05) is 0 Å². The Balaban J connectivity index is 1.79. The Morgan fingerprint density at radius 1 is 1.28 bits per heavy atom. The highest BCUT2D eigenvalue weighted by Crippen LogP contribution is 2.40. The van der Waals surface area contributed by atoms with Crippen LogP contribution in [0.15, 0.2) is 29.7 Å². The summed E-state index contributed by atoms with van der Waals surface area (Å²) >= 11 is 11.8. The third-order valence-corrected chi connectivity index (χ3v) is 4.97. The molecule has 3 rings (SSSR count). The molecule has 1 saturated carbocycles. The van der Waals surface area contributed by atoms with E-state index in [4.69, 9.17) is 32.7 Å². The summed E-state index contributed by atoms with van der Waals surface area (Å²) in [7, 11) is 0. The Kier molecular flexibility index (Phi) is 4.84. The molecular formula is C17H17Cl2NO5. The molecule has 2 aliphatic rings. The average molecular weight is 386 g/mol. The first-order chi connectivity index (χ1) is 11.8. The van der Waals surface area contributed by atoms with E-state index in [9.17, 15) is 14.7 Å². The molecule has 1 aromatic rings. The second-order valence-electron chi connectivity index (χ2n) is 6.34. The lowest BCUT2D eigenvalue weighted by Gasteiger charge is -2.40. The number of nitrogens with one attached hydrogen (secondary N) is 1. The Bertz CT molecular complexity index is 753. The van der Waals surface area contributed by atoms with Gasteiger partial charge in [0, 0.05) is 17.9 Å². The van der Waals surface area contributed by atoms with E-state index < -0.39 is 29.2 Å². The molecule has 0 radical (unpaired) electrons. The van der Waals surface area contributed by atoms with Gasteiger partial charge in [-0.05, 0) is 37.0 Å². The molecule has 2 N–H and O–H groups in total. The van der Waals surface area contributed by atoms with E-state index in [1.54, 1.807) is 0 Å². The van der Waals surface area contributed by atoms with Gasteiger partial charge in [0.25, 0.3) is 11.7 Å². The van der Waals surface area contributed by atoms with Crippen LogP contribution in [-0.4, -0.2) is 22.8 Å². The van der Waals surface area contributed by atoms with Crippen molar-refractivity contribution >= 4 is 40.8 Å². The standard InChI is InChI=1S/C17H17Cl2NO5/c1-9-4-6-17(7-5-9)24-15(22)13(16(23)25-17)14(21)20-12-3-2-10(18)8-11(12)19/h2-3,8-9,22H,4-7H2,1H3,(H,20,21). The maximum Gasteiger partial charge on any atom is 0.354 e. The van der Waals surface area contributed by atoms with E-state index in [2.05, 4.69) is 12.2 Å². The number of halogens is 2. The van der Waals surface area contributed by atoms with Crippen molar-refractivity contribution < 1.29 is 24.2 Å². The zero-order chi connectivity index (χ0) is 18.2. The minimum atomic E-state index is -1.19. The number of rotatable bonds is 2. The van der Waals surface area contributed by atoms with Crippen molar-refractivity contribution in [3.63, 3.8) is 0 Å². The van der Waals surface area contributed by atoms with Crippen molar-refractivity contribution in [3.05, 3.63) is 39.8 Å². The Labute approximate surface area is 154 Å². The monoisotopic (exact) mass is 385 g/mol. The van der Waals surface area contributed by atoms with E-state index in [-0.39, 0.29) is 10.7 Å². The number of aliphatic hydroxyl groups is 1. The molecule has 0 unspecified atom stereocenters. The van der Waals surface area contributed by atoms with Gasteiger partial charge < -0.3 is 19.9 Å². The second-order valence-corrected chi connectivity index (χ2v) is 7.19. The maximum absolute atomic E-state index is 12.3. The van der Waals surface area contributed by atoms with E-state index in [1.165, 1.54) is 18.2 Å². The normalized spacial score (nSPS) is 26.2. The second kappa shape index (κ2) is 6.77. The molecule has 1 spiro atoms. The number of carbonyl (C=O) groups is 2. The fourth-order valence-corrected chi connectivity index (χ4v) is 3.38. The molecule has 1 aliphatic heterocycles. The molecule has 0 bridgehead atoms. The number of esters is 1. The first kappa shape index (κ1) is 17.9. The van der Waals surface area contributed by atoms with E-state index in [0.717, 1.165) is 12.8 Å². The number of ether oxygens (including phenoxy) is 2. The summed E-state index contributed by atoms with van der Waals surface area (Å²) < 4.78 is 10.8. The molecule has 1 aliphatic carbocycles. The molecule has 1 amide bonds. The quantitative estimate of drug-likeness (QED) is 0.588. The van der Waals surface area contributed by atoms with Gasteiger partial charge in [0.15, 0.2) is 0 Å². The number of benzene rings is 1. The average Bonchev–Trinajstić information content (AvgIpc) is 2.52. The summed E-state index contributed by atoms with van der Waals surface area (Å²) in [5.41, 5.74) is -0.341. The molecule has 134 valence electrons. The number of amides is 1. The molecule has 1 fully saturated rings. The van der Waals surface area contributed by atoms with Crippen LogP contribution in [0.25, 0.3) is 0 Å². The summed E-state index contributed by atoms with van der Waals surface area (Å²) in [5, 5.41) is 13.2. The summed E-state index contributed by atoms with van der Waals surface area (Å²) in [6.45, 7) is 2.10. The number of hydrogen-bond acceptors (Lipinski definition) is 5. The number of anilines is 1. The molecule has 1 heterocycles. The van der Waals surface area contributed by atoms with Gasteiger partial charge in [0.05, 0.1) is 10.7 Å². The molecule has 0 aromatic heterocycles. The SMILES string of the molecule is CC1CCC2(CC1)OC(=O)C(C(=O)Nc1ccc(Cl)cc1Cl)=C(O)O2. The van der Waals surface area contributed by atoms with Gasteiger partial charge in [-0.1, -0.05) is 30.1 Å². The summed E-state index contributed by atoms with van der Waals surface area (Å²) in [6.07, 6.45) is 2.56. The minimum absolute atomic E-state index is 0.198. The molecule has 0 saturated heterocycles. The molecule has 0 atom stereocenters. The van der Waals surface area contributed by atoms with Crippen molar-refractivity contribution in [3.8, 4) is 0 Å². The minimum Gasteiger partial charge on any atom is -0.480 e. The number of carbonyl (C=O) groups excluding carboxylic acids is 2. The largest absolute Gasteiger partial charge is 0.480 e. The predicted octanol–water partition coefficient (Wildman–Crippen LogP) is 4.18. The fraction of sp³-hybridized carbons (Fsp3) is 0.412. The van der Waals surface area contributed by atoms with Crippen molar-refractivity contribution in [1.29, 1.82) is 0 Å². The molecular weight excluding hydrogens is 369 g/mol. The zero-order valence-electron chi connectivity index (χ0n) is 13.5. The zero-order valence-corrected chi connectivity index (χ0v) is 15.0. The van der Waals surface area contributed by atoms with Crippen LogP contribution in [0.3, 0.4) is 0 Å². The van der Waals surface area contributed by atoms with E-state index in [0.29, 0.717) is 23.8 Å². The van der Waals surface area contributed by atoms with Gasteiger partial charge in [0.2, 0.25) is 5.57 Å². The number of aliphatic hydroxyl groups excluding tert-OH is 1. The first-order valence-corrected chi connectivity index (χ1v) is 8.67. The van der Waals surface area contributed by atoms with Gasteiger partial charge in [0.1, 0.15) is 0 Å². The van der Waals surface area contributed by atoms with Crippen LogP contribution in [0, 0.1) is 5.92 Å². The Morgan fingerprint density at radius 2 is 1.96 bits per heavy atom. The van der Waals surface area contributed by atoms with E-state index >= 15 is 0 Å². The molecule has 25 heavy (non-hydrogen) atoms. The lowest BCUT2D eigenvalue weighted by molar-refractivity contribution is -0.252. The van der Waals surface area contributed by atoms with Gasteiger partial charge in [-0.15, -0.1) is 0 Å². The third kappa shape index (κ3) is 3.70. The van der Waals surface area contributed by atoms with Crippen LogP contribution in [0.2, 0.25) is 10.0 Å². The molecule has 1 aromatic carbocycles. The Morgan fingerprint density at radius 3 is 2.56 bits per heavy atom. The van der Waals surface area contributed by atoms with Crippen LogP contribution < -0.4 is 5.32 Å². The predicted molar refractivity (Wildman–Crippen MR) is 92.3 cm³/mol. The van der Waals surface area contributed by atoms with Gasteiger partial charge in [-0.3, -0.25) is 4.79 Å². The van der Waals surface area contributed by atoms with Crippen molar-refractivity contribution in [2.45, 2.75) is 38.4 Å². The lowest BCUT2D eigenvalue weighted by Crippen LogP contribution is -2.46. The number of hydrogen-bond donors (Lipinski definition) is 2. The topological polar surface area (TPSA) is 84.9 Å². The van der Waals surface area contributed by atoms with Gasteiger partial charge in [-0.2, -0.15) is 0 Å². The first-order valence-electron chi connectivity index (χ1n) is 7.92. The van der Waals surface area contributed by atoms with Gasteiger partial charge in [-0.25, -0.2) is 4.79 Å². The molecule has 6 nitrogen and oxygen atoms in total. The molecule has 8 heteroatoms. The summed E-state index contributed by atoms with van der Waals surface area (Å²) in [4.78, 5) is 24.6. The van der Waals surface area contributed by atoms with Crippen molar-refractivity contribution in [1.82, 2.24) is 0 Å². The fourth-order valence-electron chi connectivity index (χ4n) is 2.93. The van der Waals surface area contributed by atoms with Crippen LogP contribution >= 0.6 is 23.2 Å². The van der Waals surface area contributed by atoms with Crippen LogP contribution in [0.1, 0.15) is 32.6 Å². The highest BCUT2D eigenvalue weighted by atomic mass is 35.5. The lowest BCUT2D eigenvalue weighted by atomic mass is 9.86. The smallest absolute Gasteiger partial charge is 0.354 e. The van der Waals surface area contributed by atoms with Gasteiger partial charge >= 0.3 is 11.9 Å². The van der Waals surface area contributed by atoms with Crippen molar-refractivity contribution in [2.75, 3.05) is 5.32 Å². The third-order valence-electron chi connectivity index (χ3n) is 4.42. The summed E-state index contributed by atoms with van der Waals surface area (Å²) in [6, 6.07) is 4.46. The van der Waals surface area contributed by atoms with Crippen LogP contribution in [-0.2, 0) is 19.1 Å².